The highest BCUT2D eigenvalue weighted by molar-refractivity contribution is 5.92. The molecule has 0 aliphatic carbocycles. The van der Waals surface area contributed by atoms with E-state index in [1.165, 1.54) is 0 Å². The number of anilines is 1. The Hall–Kier alpha value is -2.31. The van der Waals surface area contributed by atoms with Crippen LogP contribution in [0.4, 0.5) is 10.5 Å². The van der Waals surface area contributed by atoms with E-state index >= 15 is 0 Å². The van der Waals surface area contributed by atoms with E-state index in [9.17, 15) is 9.59 Å². The highest BCUT2D eigenvalue weighted by atomic mass is 16.6. The van der Waals surface area contributed by atoms with Gasteiger partial charge >= 0.3 is 6.09 Å². The number of aromatic nitrogens is 1. The molecule has 1 aromatic rings. The topological polar surface area (TPSA) is 74.8 Å². The van der Waals surface area contributed by atoms with E-state index in [0.717, 1.165) is 11.4 Å². The molecule has 132 valence electrons. The summed E-state index contributed by atoms with van der Waals surface area (Å²) in [6.45, 7) is 8.68. The van der Waals surface area contributed by atoms with Gasteiger partial charge < -0.3 is 19.9 Å². The van der Waals surface area contributed by atoms with Crippen molar-refractivity contribution in [2.75, 3.05) is 32.1 Å². The number of carbonyl (C=O) groups excluding carboxylic acids is 2. The van der Waals surface area contributed by atoms with E-state index in [-0.39, 0.29) is 18.0 Å². The number of amides is 2. The molecule has 1 fully saturated rings. The van der Waals surface area contributed by atoms with E-state index in [1.54, 1.807) is 18.0 Å². The third kappa shape index (κ3) is 3.96. The average molecular weight is 334 g/mol. The lowest BCUT2D eigenvalue weighted by atomic mass is 10.1. The summed E-state index contributed by atoms with van der Waals surface area (Å²) in [5.74, 6) is -0.202. The van der Waals surface area contributed by atoms with Gasteiger partial charge in [-0.25, -0.2) is 9.78 Å². The van der Waals surface area contributed by atoms with E-state index in [4.69, 9.17) is 4.74 Å². The summed E-state index contributed by atoms with van der Waals surface area (Å²) < 4.78 is 5.37. The first-order valence-corrected chi connectivity index (χ1v) is 8.03. The van der Waals surface area contributed by atoms with Crippen LogP contribution >= 0.6 is 0 Å². The average Bonchev–Trinajstić information content (AvgIpc) is 2.42. The number of ether oxygens (including phenoxy) is 1. The van der Waals surface area contributed by atoms with Gasteiger partial charge in [0.05, 0.1) is 17.4 Å². The van der Waals surface area contributed by atoms with Crippen LogP contribution in [-0.2, 0) is 4.74 Å². The molecular weight excluding hydrogens is 308 g/mol. The summed E-state index contributed by atoms with van der Waals surface area (Å²) in [6, 6.07) is 3.81. The molecule has 0 atom stereocenters. The normalized spacial score (nSPS) is 14.8. The van der Waals surface area contributed by atoms with E-state index in [0.29, 0.717) is 18.8 Å². The van der Waals surface area contributed by atoms with Crippen LogP contribution in [0.3, 0.4) is 0 Å². The van der Waals surface area contributed by atoms with Crippen LogP contribution in [0.5, 0.6) is 0 Å². The summed E-state index contributed by atoms with van der Waals surface area (Å²) in [4.78, 5) is 31.8. The van der Waals surface area contributed by atoms with Crippen molar-refractivity contribution in [3.05, 3.63) is 23.5 Å². The monoisotopic (exact) mass is 334 g/mol. The van der Waals surface area contributed by atoms with Crippen LogP contribution < -0.4 is 10.2 Å². The van der Waals surface area contributed by atoms with E-state index in [1.807, 2.05) is 40.8 Å². The van der Waals surface area contributed by atoms with Crippen LogP contribution in [0.25, 0.3) is 0 Å². The molecule has 1 aromatic heterocycles. The lowest BCUT2D eigenvalue weighted by Gasteiger charge is -2.45. The van der Waals surface area contributed by atoms with Crippen molar-refractivity contribution < 1.29 is 14.3 Å². The van der Waals surface area contributed by atoms with Gasteiger partial charge in [-0.2, -0.15) is 0 Å². The number of nitrogens with zero attached hydrogens (tertiary/aromatic N) is 3. The van der Waals surface area contributed by atoms with E-state index in [2.05, 4.69) is 15.2 Å². The van der Waals surface area contributed by atoms with Crippen LogP contribution in [0.2, 0.25) is 0 Å². The molecule has 2 amide bonds. The Labute approximate surface area is 143 Å². The molecule has 1 aliphatic rings. The molecule has 0 unspecified atom stereocenters. The van der Waals surface area contributed by atoms with Crippen LogP contribution in [0.1, 0.15) is 37.0 Å². The zero-order chi connectivity index (χ0) is 18.1. The molecular formula is C17H26N4O3. The maximum absolute atomic E-state index is 12.0. The molecule has 2 rings (SSSR count). The quantitative estimate of drug-likeness (QED) is 0.912. The Morgan fingerprint density at radius 1 is 1.33 bits per heavy atom. The van der Waals surface area contributed by atoms with Crippen molar-refractivity contribution in [2.24, 2.45) is 0 Å². The molecule has 0 radical (unpaired) electrons. The number of hydrogen-bond acceptors (Lipinski definition) is 5. The minimum atomic E-state index is -0.482. The predicted octanol–water partition coefficient (Wildman–Crippen LogP) is 1.81. The molecule has 1 aliphatic heterocycles. The van der Waals surface area contributed by atoms with Gasteiger partial charge in [-0.1, -0.05) is 0 Å². The van der Waals surface area contributed by atoms with Crippen LogP contribution in [0.15, 0.2) is 12.1 Å². The minimum absolute atomic E-state index is 0.202. The molecule has 0 aromatic carbocycles. The summed E-state index contributed by atoms with van der Waals surface area (Å²) in [5, 5.41) is 2.57. The van der Waals surface area contributed by atoms with Gasteiger partial charge in [0.1, 0.15) is 11.3 Å². The summed E-state index contributed by atoms with van der Waals surface area (Å²) >= 11 is 0. The molecule has 0 saturated carbocycles. The maximum Gasteiger partial charge on any atom is 0.410 e. The summed E-state index contributed by atoms with van der Waals surface area (Å²) in [5.41, 5.74) is 1.66. The molecule has 0 spiro atoms. The number of nitrogens with one attached hydrogen (secondary N) is 1. The molecule has 2 heterocycles. The third-order valence-electron chi connectivity index (χ3n) is 3.96. The lowest BCUT2D eigenvalue weighted by molar-refractivity contribution is 0.00850. The Balaban J connectivity index is 1.98. The van der Waals surface area contributed by atoms with Gasteiger partial charge in [0, 0.05) is 27.2 Å². The first-order chi connectivity index (χ1) is 11.1. The smallest absolute Gasteiger partial charge is 0.410 e. The van der Waals surface area contributed by atoms with Gasteiger partial charge in [0.2, 0.25) is 0 Å². The molecule has 0 bridgehead atoms. The Morgan fingerprint density at radius 3 is 2.46 bits per heavy atom. The van der Waals surface area contributed by atoms with Gasteiger partial charge in [-0.15, -0.1) is 0 Å². The van der Waals surface area contributed by atoms with Crippen molar-refractivity contribution in [2.45, 2.75) is 39.3 Å². The SMILES string of the molecule is CNC(=O)c1ccc(N(C)C2CN(C(=O)OC(C)(C)C)C2)c(C)n1. The zero-order valence-electron chi connectivity index (χ0n) is 15.2. The van der Waals surface area contributed by atoms with Crippen LogP contribution in [-0.4, -0.2) is 60.7 Å². The maximum atomic E-state index is 12.0. The Bertz CT molecular complexity index is 633. The number of hydrogen-bond donors (Lipinski definition) is 1. The molecule has 7 heteroatoms. The van der Waals surface area contributed by atoms with Crippen molar-refractivity contribution in [3.63, 3.8) is 0 Å². The summed E-state index contributed by atoms with van der Waals surface area (Å²) in [6.07, 6.45) is -0.281. The highest BCUT2D eigenvalue weighted by Crippen LogP contribution is 2.25. The second-order valence-corrected chi connectivity index (χ2v) is 7.03. The summed E-state index contributed by atoms with van der Waals surface area (Å²) in [7, 11) is 3.56. The molecule has 1 saturated heterocycles. The lowest BCUT2D eigenvalue weighted by Crippen LogP contribution is -2.61. The standard InChI is InChI=1S/C17H26N4O3/c1-11-14(8-7-13(19-11)15(22)18-5)20(6)12-9-21(10-12)16(23)24-17(2,3)4/h7-8,12H,9-10H2,1-6H3,(H,18,22). The van der Waals surface area contributed by atoms with Crippen LogP contribution in [0, 0.1) is 6.92 Å². The van der Waals surface area contributed by atoms with E-state index < -0.39 is 5.60 Å². The van der Waals surface area contributed by atoms with Gasteiger partial charge in [0.25, 0.3) is 5.91 Å². The number of likely N-dealkylation sites (N-methyl/N-ethyl adjacent to an activating group) is 1. The number of likely N-dealkylation sites (tertiary alicyclic amines) is 1. The van der Waals surface area contributed by atoms with Crippen molar-refractivity contribution >= 4 is 17.7 Å². The third-order valence-corrected chi connectivity index (χ3v) is 3.96. The fraction of sp³-hybridized carbons (Fsp3) is 0.588. The largest absolute Gasteiger partial charge is 0.444 e. The van der Waals surface area contributed by atoms with Gasteiger partial charge in [0.15, 0.2) is 0 Å². The molecule has 1 N–H and O–H groups in total. The first kappa shape index (κ1) is 18.0. The number of carbonyl (C=O) groups is 2. The fourth-order valence-electron chi connectivity index (χ4n) is 2.55. The first-order valence-electron chi connectivity index (χ1n) is 8.03. The Kier molecular flexibility index (Phi) is 5.01. The molecule has 7 nitrogen and oxygen atoms in total. The van der Waals surface area contributed by atoms with Gasteiger partial charge in [-0.05, 0) is 39.8 Å². The molecule has 24 heavy (non-hydrogen) atoms. The number of aryl methyl sites for hydroxylation is 1. The van der Waals surface area contributed by atoms with Crippen molar-refractivity contribution in [1.29, 1.82) is 0 Å². The fourth-order valence-corrected chi connectivity index (χ4v) is 2.55. The number of rotatable bonds is 3. The second-order valence-electron chi connectivity index (χ2n) is 7.03. The predicted molar refractivity (Wildman–Crippen MR) is 92.4 cm³/mol. The van der Waals surface area contributed by atoms with Gasteiger partial charge in [-0.3, -0.25) is 4.79 Å². The van der Waals surface area contributed by atoms with Crippen molar-refractivity contribution in [1.82, 2.24) is 15.2 Å². The highest BCUT2D eigenvalue weighted by Gasteiger charge is 2.36. The zero-order valence-corrected chi connectivity index (χ0v) is 15.2. The second kappa shape index (κ2) is 6.67. The number of pyridine rings is 1. The van der Waals surface area contributed by atoms with Crippen molar-refractivity contribution in [3.8, 4) is 0 Å². The minimum Gasteiger partial charge on any atom is -0.444 e. The Morgan fingerprint density at radius 2 is 1.96 bits per heavy atom.